The molecule has 0 unspecified atom stereocenters. The summed E-state index contributed by atoms with van der Waals surface area (Å²) in [6.45, 7) is 0. The number of benzene rings is 9. The Morgan fingerprint density at radius 1 is 0.443 bits per heavy atom. The number of rotatable bonds is 9. The predicted octanol–water partition coefficient (Wildman–Crippen LogP) is 14.4. The summed E-state index contributed by atoms with van der Waals surface area (Å²) in [6.07, 6.45) is 0. The van der Waals surface area contributed by atoms with Crippen molar-refractivity contribution in [3.8, 4) is 50.6 Å². The summed E-state index contributed by atoms with van der Waals surface area (Å²) in [5.41, 5.74) is 14.8. The van der Waals surface area contributed by atoms with E-state index < -0.39 is 0 Å². The van der Waals surface area contributed by atoms with Gasteiger partial charge in [0.25, 0.3) is 0 Å². The molecule has 0 aliphatic rings. The number of anilines is 3. The fraction of sp³-hybridized carbons (Fsp3) is 0.0370. The Bertz CT molecular complexity index is 3280. The van der Waals surface area contributed by atoms with Crippen LogP contribution < -0.4 is 14.4 Å². The number of nitrogens with zero attached hydrogens (tertiary/aromatic N) is 4. The first kappa shape index (κ1) is 36.3. The van der Waals surface area contributed by atoms with E-state index in [0.717, 1.165) is 84.2 Å². The minimum absolute atomic E-state index is 0.835. The van der Waals surface area contributed by atoms with Gasteiger partial charge in [0.05, 0.1) is 42.7 Å². The lowest BCUT2D eigenvalue weighted by atomic mass is 9.99. The van der Waals surface area contributed by atoms with E-state index in [1.54, 1.807) is 14.2 Å². The second kappa shape index (κ2) is 15.1. The van der Waals surface area contributed by atoms with Gasteiger partial charge in [-0.2, -0.15) is 8.75 Å². The SMILES string of the molecule is COc1ccc(-c2ccc(N(c3ccc(-c4ccc(OC)cc4)cc3)c3ccc(-c4ccc5c(c4)c4ccccc4n5-c4ccc5ccccc5c4)c4nsnc34)cc2)cc1. The second-order valence-electron chi connectivity index (χ2n) is 15.1. The lowest BCUT2D eigenvalue weighted by Gasteiger charge is -2.26. The zero-order chi connectivity index (χ0) is 40.9. The van der Waals surface area contributed by atoms with Gasteiger partial charge in [0.2, 0.25) is 0 Å². The van der Waals surface area contributed by atoms with E-state index in [1.165, 1.54) is 38.8 Å². The van der Waals surface area contributed by atoms with Gasteiger partial charge in [-0.1, -0.05) is 103 Å². The number of ether oxygens (including phenoxy) is 2. The monoisotopic (exact) mass is 806 g/mol. The normalized spacial score (nSPS) is 11.4. The van der Waals surface area contributed by atoms with Crippen molar-refractivity contribution < 1.29 is 9.47 Å². The quantitative estimate of drug-likeness (QED) is 0.145. The third-order valence-electron chi connectivity index (χ3n) is 11.7. The van der Waals surface area contributed by atoms with Crippen LogP contribution in [0.15, 0.2) is 194 Å². The highest BCUT2D eigenvalue weighted by atomic mass is 32.1. The first-order chi connectivity index (χ1) is 30.1. The van der Waals surface area contributed by atoms with Crippen LogP contribution in [0.2, 0.25) is 0 Å². The molecule has 0 atom stereocenters. The molecule has 7 heteroatoms. The van der Waals surface area contributed by atoms with Crippen molar-refractivity contribution in [2.24, 2.45) is 0 Å². The first-order valence-electron chi connectivity index (χ1n) is 20.2. The van der Waals surface area contributed by atoms with Crippen LogP contribution in [0, 0.1) is 0 Å². The highest BCUT2D eigenvalue weighted by molar-refractivity contribution is 7.00. The van der Waals surface area contributed by atoms with Gasteiger partial charge in [-0.25, -0.2) is 0 Å². The van der Waals surface area contributed by atoms with Gasteiger partial charge < -0.3 is 18.9 Å². The van der Waals surface area contributed by atoms with Gasteiger partial charge in [-0.15, -0.1) is 0 Å². The molecular weight excluding hydrogens is 769 g/mol. The molecule has 292 valence electrons. The molecule has 11 aromatic rings. The second-order valence-corrected chi connectivity index (χ2v) is 15.6. The molecule has 0 bridgehead atoms. The molecule has 0 spiro atoms. The summed E-state index contributed by atoms with van der Waals surface area (Å²) in [4.78, 5) is 2.28. The van der Waals surface area contributed by atoms with Crippen LogP contribution in [0.25, 0.3) is 82.7 Å². The van der Waals surface area contributed by atoms with Crippen LogP contribution >= 0.6 is 11.7 Å². The van der Waals surface area contributed by atoms with Crippen molar-refractivity contribution in [3.05, 3.63) is 194 Å². The molecule has 61 heavy (non-hydrogen) atoms. The Morgan fingerprint density at radius 3 is 1.62 bits per heavy atom. The fourth-order valence-corrected chi connectivity index (χ4v) is 9.17. The Balaban J connectivity index is 1.02. The van der Waals surface area contributed by atoms with Crippen molar-refractivity contribution in [3.63, 3.8) is 0 Å². The summed E-state index contributed by atoms with van der Waals surface area (Å²) in [6, 6.07) is 68.8. The molecule has 2 heterocycles. The number of methoxy groups -OCH3 is 2. The lowest BCUT2D eigenvalue weighted by Crippen LogP contribution is -2.10. The molecule has 0 radical (unpaired) electrons. The van der Waals surface area contributed by atoms with Crippen LogP contribution in [0.5, 0.6) is 11.5 Å². The van der Waals surface area contributed by atoms with Crippen molar-refractivity contribution in [2.45, 2.75) is 0 Å². The highest BCUT2D eigenvalue weighted by Gasteiger charge is 2.21. The van der Waals surface area contributed by atoms with E-state index in [1.807, 2.05) is 24.3 Å². The van der Waals surface area contributed by atoms with Gasteiger partial charge in [-0.05, 0) is 130 Å². The molecule has 0 fully saturated rings. The molecule has 6 nitrogen and oxygen atoms in total. The Kier molecular flexibility index (Phi) is 9.02. The highest BCUT2D eigenvalue weighted by Crippen LogP contribution is 2.43. The average Bonchev–Trinajstić information content (AvgIpc) is 3.96. The minimum atomic E-state index is 0.835. The standard InChI is InChI=1S/C54H38N4O2S/c1-59-45-26-16-38(17-27-45)36-11-21-42(22-12-36)57(43-23-13-37(14-24-43)39-18-28-46(60-2)29-19-39)52-32-30-47(53-54(52)56-61-55-53)41-20-31-51-49(34-41)48-9-5-6-10-50(48)58(51)44-25-15-35-7-3-4-8-40(35)33-44/h3-34H,1-2H3. The van der Waals surface area contributed by atoms with Gasteiger partial charge in [-0.3, -0.25) is 0 Å². The molecule has 2 aromatic heterocycles. The number of fused-ring (bicyclic) bond motifs is 5. The topological polar surface area (TPSA) is 52.4 Å². The number of hydrogen-bond donors (Lipinski definition) is 0. The van der Waals surface area contributed by atoms with Crippen LogP contribution in [-0.4, -0.2) is 27.5 Å². The van der Waals surface area contributed by atoms with E-state index in [-0.39, 0.29) is 0 Å². The zero-order valence-corrected chi connectivity index (χ0v) is 34.3. The maximum atomic E-state index is 5.41. The molecular formula is C54H38N4O2S. The van der Waals surface area contributed by atoms with Gasteiger partial charge in [0, 0.05) is 33.4 Å². The summed E-state index contributed by atoms with van der Waals surface area (Å²) in [5, 5.41) is 4.85. The Hall–Kier alpha value is -7.74. The maximum Gasteiger partial charge on any atom is 0.129 e. The Labute approximate surface area is 357 Å². The van der Waals surface area contributed by atoms with Gasteiger partial charge in [0.15, 0.2) is 0 Å². The summed E-state index contributed by atoms with van der Waals surface area (Å²) in [5.74, 6) is 1.67. The first-order valence-corrected chi connectivity index (χ1v) is 20.9. The van der Waals surface area contributed by atoms with E-state index >= 15 is 0 Å². The molecule has 0 aliphatic carbocycles. The van der Waals surface area contributed by atoms with E-state index in [2.05, 4.69) is 179 Å². The molecule has 0 saturated carbocycles. The molecule has 0 N–H and O–H groups in total. The van der Waals surface area contributed by atoms with Crippen molar-refractivity contribution >= 4 is 72.4 Å². The molecule has 0 aliphatic heterocycles. The largest absolute Gasteiger partial charge is 0.497 e. The summed E-state index contributed by atoms with van der Waals surface area (Å²) >= 11 is 1.25. The van der Waals surface area contributed by atoms with Crippen molar-refractivity contribution in [1.29, 1.82) is 0 Å². The zero-order valence-electron chi connectivity index (χ0n) is 33.5. The predicted molar refractivity (Wildman–Crippen MR) is 253 cm³/mol. The van der Waals surface area contributed by atoms with Gasteiger partial charge in [0.1, 0.15) is 22.5 Å². The molecule has 9 aromatic carbocycles. The van der Waals surface area contributed by atoms with Crippen molar-refractivity contribution in [2.75, 3.05) is 19.1 Å². The maximum absolute atomic E-state index is 5.41. The Morgan fingerprint density at radius 2 is 0.984 bits per heavy atom. The van der Waals surface area contributed by atoms with Crippen LogP contribution in [0.4, 0.5) is 17.1 Å². The van der Waals surface area contributed by atoms with Gasteiger partial charge >= 0.3 is 0 Å². The van der Waals surface area contributed by atoms with Crippen LogP contribution in [-0.2, 0) is 0 Å². The third-order valence-corrected chi connectivity index (χ3v) is 12.2. The fourth-order valence-electron chi connectivity index (χ4n) is 8.60. The average molecular weight is 807 g/mol. The number of aromatic nitrogens is 3. The summed E-state index contributed by atoms with van der Waals surface area (Å²) in [7, 11) is 3.38. The molecule has 0 saturated heterocycles. The lowest BCUT2D eigenvalue weighted by molar-refractivity contribution is 0.415. The van der Waals surface area contributed by atoms with Crippen LogP contribution in [0.1, 0.15) is 0 Å². The smallest absolute Gasteiger partial charge is 0.129 e. The van der Waals surface area contributed by atoms with Crippen molar-refractivity contribution in [1.82, 2.24) is 13.3 Å². The van der Waals surface area contributed by atoms with E-state index in [0.29, 0.717) is 0 Å². The van der Waals surface area contributed by atoms with Crippen LogP contribution in [0.3, 0.4) is 0 Å². The minimum Gasteiger partial charge on any atom is -0.497 e. The molecule has 0 amide bonds. The van der Waals surface area contributed by atoms with E-state index in [4.69, 9.17) is 18.2 Å². The summed E-state index contributed by atoms with van der Waals surface area (Å²) < 4.78 is 23.1. The molecule has 11 rings (SSSR count). The third kappa shape index (κ3) is 6.43. The number of para-hydroxylation sites is 1. The van der Waals surface area contributed by atoms with E-state index in [9.17, 15) is 0 Å². The number of hydrogen-bond acceptors (Lipinski definition) is 6.